The van der Waals surface area contributed by atoms with Gasteiger partial charge in [-0.1, -0.05) is 6.07 Å². The standard InChI is InChI=1S/C21H26N2O3S/c1-15-5-6-19(12-16(15)2)27-11-8-22-20(24)17-4-3-9-23(13-17)21(25)18-7-10-26-14-18/h5-7,10,12,14,17H,3-4,8-9,11,13H2,1-2H3,(H,22,24). The Morgan fingerprint density at radius 3 is 2.85 bits per heavy atom. The van der Waals surface area contributed by atoms with Crippen LogP contribution in [0.2, 0.25) is 0 Å². The molecule has 2 aromatic rings. The second-order valence-corrected chi connectivity index (χ2v) is 8.16. The lowest BCUT2D eigenvalue weighted by Crippen LogP contribution is -2.45. The van der Waals surface area contributed by atoms with Crippen LogP contribution in [0.15, 0.2) is 46.1 Å². The number of aryl methyl sites for hydroxylation is 2. The summed E-state index contributed by atoms with van der Waals surface area (Å²) in [5.41, 5.74) is 3.12. The minimum absolute atomic E-state index is 0.0420. The van der Waals surface area contributed by atoms with Crippen molar-refractivity contribution in [1.82, 2.24) is 10.2 Å². The van der Waals surface area contributed by atoms with E-state index in [2.05, 4.69) is 37.4 Å². The molecule has 0 aliphatic carbocycles. The van der Waals surface area contributed by atoms with Gasteiger partial charge in [-0.3, -0.25) is 9.59 Å². The fourth-order valence-electron chi connectivity index (χ4n) is 3.24. The monoisotopic (exact) mass is 386 g/mol. The first-order chi connectivity index (χ1) is 13.0. The summed E-state index contributed by atoms with van der Waals surface area (Å²) in [4.78, 5) is 27.9. The van der Waals surface area contributed by atoms with E-state index in [0.29, 0.717) is 25.2 Å². The van der Waals surface area contributed by atoms with Crippen LogP contribution in [0.1, 0.15) is 34.3 Å². The second kappa shape index (κ2) is 9.13. The van der Waals surface area contributed by atoms with E-state index in [-0.39, 0.29) is 17.7 Å². The van der Waals surface area contributed by atoms with Crippen LogP contribution in [0, 0.1) is 19.8 Å². The summed E-state index contributed by atoms with van der Waals surface area (Å²) in [6.07, 6.45) is 4.62. The number of rotatable bonds is 6. The highest BCUT2D eigenvalue weighted by atomic mass is 32.2. The number of piperidine rings is 1. The van der Waals surface area contributed by atoms with E-state index in [1.165, 1.54) is 28.5 Å². The first kappa shape index (κ1) is 19.5. The molecule has 1 aromatic heterocycles. The van der Waals surface area contributed by atoms with Crippen molar-refractivity contribution in [2.24, 2.45) is 5.92 Å². The first-order valence-electron chi connectivity index (χ1n) is 9.34. The van der Waals surface area contributed by atoms with E-state index >= 15 is 0 Å². The number of amides is 2. The fourth-order valence-corrected chi connectivity index (χ4v) is 4.10. The average molecular weight is 387 g/mol. The van der Waals surface area contributed by atoms with Crippen molar-refractivity contribution in [1.29, 1.82) is 0 Å². The molecule has 1 aliphatic rings. The lowest BCUT2D eigenvalue weighted by atomic mass is 9.96. The SMILES string of the molecule is Cc1ccc(SCCNC(=O)C2CCCN(C(=O)c3ccoc3)C2)cc1C. The highest BCUT2D eigenvalue weighted by Crippen LogP contribution is 2.21. The molecule has 0 saturated carbocycles. The molecule has 144 valence electrons. The molecule has 0 radical (unpaired) electrons. The third-order valence-corrected chi connectivity index (χ3v) is 5.99. The van der Waals surface area contributed by atoms with Gasteiger partial charge >= 0.3 is 0 Å². The van der Waals surface area contributed by atoms with Gasteiger partial charge in [0.25, 0.3) is 5.91 Å². The molecular weight excluding hydrogens is 360 g/mol. The number of furan rings is 1. The molecular formula is C21H26N2O3S. The van der Waals surface area contributed by atoms with E-state index in [4.69, 9.17) is 4.42 Å². The summed E-state index contributed by atoms with van der Waals surface area (Å²) in [5, 5.41) is 3.03. The van der Waals surface area contributed by atoms with Gasteiger partial charge in [-0.05, 0) is 56.0 Å². The van der Waals surface area contributed by atoms with Crippen LogP contribution >= 0.6 is 11.8 Å². The van der Waals surface area contributed by atoms with Crippen molar-refractivity contribution >= 4 is 23.6 Å². The number of carbonyl (C=O) groups excluding carboxylic acids is 2. The minimum Gasteiger partial charge on any atom is -0.472 e. The third kappa shape index (κ3) is 5.16. The number of carbonyl (C=O) groups is 2. The zero-order chi connectivity index (χ0) is 19.2. The molecule has 1 N–H and O–H groups in total. The molecule has 1 fully saturated rings. The summed E-state index contributed by atoms with van der Waals surface area (Å²) >= 11 is 1.75. The smallest absolute Gasteiger partial charge is 0.257 e. The van der Waals surface area contributed by atoms with E-state index < -0.39 is 0 Å². The number of benzene rings is 1. The molecule has 6 heteroatoms. The predicted octanol–water partition coefficient (Wildman–Crippen LogP) is 3.66. The van der Waals surface area contributed by atoms with E-state index in [1.54, 1.807) is 22.7 Å². The van der Waals surface area contributed by atoms with Crippen LogP contribution in [0.3, 0.4) is 0 Å². The molecule has 0 bridgehead atoms. The van der Waals surface area contributed by atoms with Gasteiger partial charge < -0.3 is 14.6 Å². The maximum atomic E-state index is 12.5. The van der Waals surface area contributed by atoms with Crippen LogP contribution in [0.25, 0.3) is 0 Å². The van der Waals surface area contributed by atoms with E-state index in [9.17, 15) is 9.59 Å². The van der Waals surface area contributed by atoms with Gasteiger partial charge in [0, 0.05) is 30.3 Å². The Hall–Kier alpha value is -2.21. The summed E-state index contributed by atoms with van der Waals surface area (Å²) in [6.45, 7) is 6.01. The zero-order valence-corrected chi connectivity index (χ0v) is 16.7. The summed E-state index contributed by atoms with van der Waals surface area (Å²) in [5.74, 6) is 0.673. The second-order valence-electron chi connectivity index (χ2n) is 6.99. The molecule has 5 nitrogen and oxygen atoms in total. The summed E-state index contributed by atoms with van der Waals surface area (Å²) < 4.78 is 4.99. The molecule has 1 saturated heterocycles. The number of nitrogens with zero attached hydrogens (tertiary/aromatic N) is 1. The number of nitrogens with one attached hydrogen (secondary N) is 1. The summed E-state index contributed by atoms with van der Waals surface area (Å²) in [6, 6.07) is 8.09. The Bertz CT molecular complexity index is 789. The molecule has 2 amide bonds. The topological polar surface area (TPSA) is 62.6 Å². The maximum Gasteiger partial charge on any atom is 0.257 e. The fraction of sp³-hybridized carbons (Fsp3) is 0.429. The van der Waals surface area contributed by atoms with Gasteiger partial charge in [0.05, 0.1) is 17.7 Å². The summed E-state index contributed by atoms with van der Waals surface area (Å²) in [7, 11) is 0. The molecule has 0 spiro atoms. The van der Waals surface area contributed by atoms with E-state index in [1.807, 2.05) is 0 Å². The molecule has 27 heavy (non-hydrogen) atoms. The van der Waals surface area contributed by atoms with Crippen LogP contribution < -0.4 is 5.32 Å². The first-order valence-corrected chi connectivity index (χ1v) is 10.3. The van der Waals surface area contributed by atoms with Crippen molar-refractivity contribution in [3.63, 3.8) is 0 Å². The van der Waals surface area contributed by atoms with Crippen LogP contribution in [-0.4, -0.2) is 42.1 Å². The number of hydrogen-bond acceptors (Lipinski definition) is 4. The van der Waals surface area contributed by atoms with Crippen molar-refractivity contribution in [2.75, 3.05) is 25.4 Å². The highest BCUT2D eigenvalue weighted by Gasteiger charge is 2.29. The van der Waals surface area contributed by atoms with Gasteiger partial charge in [-0.25, -0.2) is 0 Å². The van der Waals surface area contributed by atoms with Gasteiger partial charge in [-0.2, -0.15) is 0 Å². The Morgan fingerprint density at radius 2 is 2.11 bits per heavy atom. The van der Waals surface area contributed by atoms with Crippen LogP contribution in [-0.2, 0) is 4.79 Å². The predicted molar refractivity (Wildman–Crippen MR) is 107 cm³/mol. The Labute approximate surface area is 164 Å². The Kier molecular flexibility index (Phi) is 6.61. The molecule has 3 rings (SSSR count). The number of thioether (sulfide) groups is 1. The van der Waals surface area contributed by atoms with Gasteiger partial charge in [-0.15, -0.1) is 11.8 Å². The van der Waals surface area contributed by atoms with Crippen LogP contribution in [0.4, 0.5) is 0 Å². The van der Waals surface area contributed by atoms with Gasteiger partial charge in [0.2, 0.25) is 5.91 Å². The van der Waals surface area contributed by atoms with Crippen molar-refractivity contribution in [3.8, 4) is 0 Å². The maximum absolute atomic E-state index is 12.5. The molecule has 2 heterocycles. The lowest BCUT2D eigenvalue weighted by Gasteiger charge is -2.31. The zero-order valence-electron chi connectivity index (χ0n) is 15.9. The van der Waals surface area contributed by atoms with Crippen molar-refractivity contribution in [3.05, 3.63) is 53.5 Å². The largest absolute Gasteiger partial charge is 0.472 e. The molecule has 1 atom stereocenters. The lowest BCUT2D eigenvalue weighted by molar-refractivity contribution is -0.126. The normalized spacial score (nSPS) is 17.0. The average Bonchev–Trinajstić information content (AvgIpc) is 3.22. The van der Waals surface area contributed by atoms with Gasteiger partial charge in [0.15, 0.2) is 0 Å². The minimum atomic E-state index is -0.138. The number of hydrogen-bond donors (Lipinski definition) is 1. The molecule has 1 aromatic carbocycles. The Balaban J connectivity index is 1.43. The van der Waals surface area contributed by atoms with Crippen LogP contribution in [0.5, 0.6) is 0 Å². The van der Waals surface area contributed by atoms with Gasteiger partial charge in [0.1, 0.15) is 6.26 Å². The Morgan fingerprint density at radius 1 is 1.26 bits per heavy atom. The molecule has 1 aliphatic heterocycles. The van der Waals surface area contributed by atoms with Crippen molar-refractivity contribution in [2.45, 2.75) is 31.6 Å². The molecule has 1 unspecified atom stereocenters. The van der Waals surface area contributed by atoms with E-state index in [0.717, 1.165) is 18.6 Å². The quantitative estimate of drug-likeness (QED) is 0.608. The van der Waals surface area contributed by atoms with Crippen molar-refractivity contribution < 1.29 is 14.0 Å². The highest BCUT2D eigenvalue weighted by molar-refractivity contribution is 7.99. The third-order valence-electron chi connectivity index (χ3n) is 5.00. The number of likely N-dealkylation sites (tertiary alicyclic amines) is 1.